The average molecular weight is 356 g/mol. The summed E-state index contributed by atoms with van der Waals surface area (Å²) in [6, 6.07) is 8.31. The molecule has 0 fully saturated rings. The molecule has 6 nitrogen and oxygen atoms in total. The zero-order valence-electron chi connectivity index (χ0n) is 15.4. The monoisotopic (exact) mass is 356 g/mol. The Hall–Kier alpha value is -2.89. The molecule has 0 aliphatic carbocycles. The van der Waals surface area contributed by atoms with Crippen LogP contribution in [0.15, 0.2) is 30.3 Å². The number of benzene rings is 1. The van der Waals surface area contributed by atoms with Gasteiger partial charge in [0.05, 0.1) is 12.0 Å². The summed E-state index contributed by atoms with van der Waals surface area (Å²) >= 11 is 0. The molecule has 1 amide bonds. The van der Waals surface area contributed by atoms with E-state index >= 15 is 0 Å². The molecular formula is C20H24N2O4. The van der Waals surface area contributed by atoms with E-state index in [1.54, 1.807) is 38.1 Å². The van der Waals surface area contributed by atoms with Crippen LogP contribution in [0.4, 0.5) is 0 Å². The number of aryl methyl sites for hydroxylation is 1. The van der Waals surface area contributed by atoms with E-state index in [1.165, 1.54) is 6.92 Å². The minimum Gasteiger partial charge on any atom is -0.481 e. The van der Waals surface area contributed by atoms with Gasteiger partial charge in [0.25, 0.3) is 5.91 Å². The van der Waals surface area contributed by atoms with Crippen LogP contribution in [-0.2, 0) is 11.2 Å². The maximum Gasteiger partial charge on any atom is 0.308 e. The lowest BCUT2D eigenvalue weighted by Gasteiger charge is -2.23. The van der Waals surface area contributed by atoms with Crippen LogP contribution in [0.2, 0.25) is 0 Å². The van der Waals surface area contributed by atoms with E-state index in [-0.39, 0.29) is 5.78 Å². The molecule has 2 rings (SSSR count). The van der Waals surface area contributed by atoms with Crippen molar-refractivity contribution < 1.29 is 19.5 Å². The second-order valence-corrected chi connectivity index (χ2v) is 6.38. The third kappa shape index (κ3) is 3.85. The number of Topliss-reactive ketones (excluding diaryl/α,β-unsaturated/α-hetero) is 1. The van der Waals surface area contributed by atoms with Gasteiger partial charge in [0.1, 0.15) is 5.69 Å². The number of nitrogens with one attached hydrogen (secondary N) is 2. The van der Waals surface area contributed by atoms with Crippen LogP contribution in [-0.4, -0.2) is 27.8 Å². The molecule has 1 heterocycles. The molecule has 0 aliphatic heterocycles. The van der Waals surface area contributed by atoms with Crippen molar-refractivity contribution in [1.82, 2.24) is 10.3 Å². The first-order chi connectivity index (χ1) is 12.3. The van der Waals surface area contributed by atoms with Crippen LogP contribution in [0, 0.1) is 12.8 Å². The number of amides is 1. The molecule has 0 radical (unpaired) electrons. The van der Waals surface area contributed by atoms with Crippen molar-refractivity contribution in [3.8, 4) is 0 Å². The van der Waals surface area contributed by atoms with Crippen molar-refractivity contribution in [3.05, 3.63) is 58.4 Å². The van der Waals surface area contributed by atoms with Crippen LogP contribution in [0.1, 0.15) is 64.5 Å². The number of hydrogen-bond donors (Lipinski definition) is 3. The summed E-state index contributed by atoms with van der Waals surface area (Å²) in [4.78, 5) is 39.3. The van der Waals surface area contributed by atoms with Crippen molar-refractivity contribution in [3.63, 3.8) is 0 Å². The Morgan fingerprint density at radius 2 is 1.81 bits per heavy atom. The molecule has 6 heteroatoms. The first-order valence-corrected chi connectivity index (χ1v) is 8.58. The van der Waals surface area contributed by atoms with Gasteiger partial charge in [0.15, 0.2) is 5.78 Å². The van der Waals surface area contributed by atoms with Gasteiger partial charge in [0.2, 0.25) is 0 Å². The fraction of sp³-hybridized carbons (Fsp3) is 0.350. The maximum absolute atomic E-state index is 12.9. The predicted molar refractivity (Wildman–Crippen MR) is 98.4 cm³/mol. The number of carboxylic acids is 1. The van der Waals surface area contributed by atoms with Gasteiger partial charge in [-0.1, -0.05) is 37.3 Å². The van der Waals surface area contributed by atoms with Crippen LogP contribution >= 0.6 is 0 Å². The molecule has 26 heavy (non-hydrogen) atoms. The smallest absolute Gasteiger partial charge is 0.308 e. The van der Waals surface area contributed by atoms with Gasteiger partial charge >= 0.3 is 5.97 Å². The van der Waals surface area contributed by atoms with E-state index in [4.69, 9.17) is 0 Å². The predicted octanol–water partition coefficient (Wildman–Crippen LogP) is 3.28. The number of ketones is 1. The van der Waals surface area contributed by atoms with Gasteiger partial charge in [-0.2, -0.15) is 0 Å². The third-order valence-corrected chi connectivity index (χ3v) is 4.56. The number of aromatic nitrogens is 1. The van der Waals surface area contributed by atoms with E-state index in [1.807, 2.05) is 13.0 Å². The van der Waals surface area contributed by atoms with Gasteiger partial charge < -0.3 is 15.4 Å². The highest BCUT2D eigenvalue weighted by atomic mass is 16.4. The Morgan fingerprint density at radius 3 is 2.31 bits per heavy atom. The Kier molecular flexibility index (Phi) is 5.97. The van der Waals surface area contributed by atoms with Crippen LogP contribution in [0.3, 0.4) is 0 Å². The number of aliphatic carboxylic acids is 1. The normalized spacial score (nSPS) is 13.1. The third-order valence-electron chi connectivity index (χ3n) is 4.56. The topological polar surface area (TPSA) is 99.3 Å². The SMILES string of the molecule is CCc1c(C(=O)NC(c2ccccc2)C(C)C(=O)O)[nH]c(C)c1C(C)=O. The number of carboxylic acid groups (broad SMARTS) is 1. The average Bonchev–Trinajstić information content (AvgIpc) is 2.96. The van der Waals surface area contributed by atoms with Gasteiger partial charge in [-0.3, -0.25) is 14.4 Å². The quantitative estimate of drug-likeness (QED) is 0.663. The van der Waals surface area contributed by atoms with E-state index < -0.39 is 23.8 Å². The summed E-state index contributed by atoms with van der Waals surface area (Å²) in [6.07, 6.45) is 0.520. The standard InChI is InChI=1S/C20H24N2O4/c1-5-15-16(13(4)23)12(3)21-18(15)19(24)22-17(11(2)20(25)26)14-9-7-6-8-10-14/h6-11,17,21H,5H2,1-4H3,(H,22,24)(H,25,26). The molecule has 0 saturated carbocycles. The maximum atomic E-state index is 12.9. The molecule has 1 aromatic heterocycles. The fourth-order valence-electron chi connectivity index (χ4n) is 3.21. The summed E-state index contributed by atoms with van der Waals surface area (Å²) in [5.74, 6) is -2.33. The van der Waals surface area contributed by atoms with E-state index in [2.05, 4.69) is 10.3 Å². The zero-order valence-corrected chi connectivity index (χ0v) is 15.4. The highest BCUT2D eigenvalue weighted by molar-refractivity contribution is 6.02. The van der Waals surface area contributed by atoms with Gasteiger partial charge in [-0.05, 0) is 38.3 Å². The number of H-pyrrole nitrogens is 1. The highest BCUT2D eigenvalue weighted by Gasteiger charge is 2.29. The van der Waals surface area contributed by atoms with Crippen molar-refractivity contribution in [2.45, 2.75) is 40.2 Å². The van der Waals surface area contributed by atoms with Crippen LogP contribution < -0.4 is 5.32 Å². The summed E-state index contributed by atoms with van der Waals surface area (Å²) < 4.78 is 0. The molecule has 138 valence electrons. The number of hydrogen-bond acceptors (Lipinski definition) is 3. The van der Waals surface area contributed by atoms with Gasteiger partial charge in [-0.15, -0.1) is 0 Å². The lowest BCUT2D eigenvalue weighted by molar-refractivity contribution is -0.142. The van der Waals surface area contributed by atoms with E-state index in [0.29, 0.717) is 34.5 Å². The largest absolute Gasteiger partial charge is 0.481 e. The highest BCUT2D eigenvalue weighted by Crippen LogP contribution is 2.25. The summed E-state index contributed by atoms with van der Waals surface area (Å²) in [5, 5.41) is 12.2. The number of carbonyl (C=O) groups is 3. The zero-order chi connectivity index (χ0) is 19.4. The second kappa shape index (κ2) is 7.99. The molecule has 3 N–H and O–H groups in total. The molecule has 0 spiro atoms. The van der Waals surface area contributed by atoms with Crippen LogP contribution in [0.5, 0.6) is 0 Å². The minimum atomic E-state index is -0.998. The molecular weight excluding hydrogens is 332 g/mol. The molecule has 0 bridgehead atoms. The van der Waals surface area contributed by atoms with Gasteiger partial charge in [0, 0.05) is 11.3 Å². The van der Waals surface area contributed by atoms with Crippen molar-refractivity contribution in [2.75, 3.05) is 0 Å². The van der Waals surface area contributed by atoms with E-state index in [9.17, 15) is 19.5 Å². The fourth-order valence-corrected chi connectivity index (χ4v) is 3.21. The summed E-state index contributed by atoms with van der Waals surface area (Å²) in [5.41, 5.74) is 2.85. The molecule has 2 atom stereocenters. The van der Waals surface area contributed by atoms with Crippen molar-refractivity contribution >= 4 is 17.7 Å². The number of carbonyl (C=O) groups excluding carboxylic acids is 2. The van der Waals surface area contributed by atoms with Crippen molar-refractivity contribution in [1.29, 1.82) is 0 Å². The number of rotatable bonds is 7. The molecule has 2 unspecified atom stereocenters. The second-order valence-electron chi connectivity index (χ2n) is 6.38. The Bertz CT molecular complexity index is 824. The van der Waals surface area contributed by atoms with Crippen molar-refractivity contribution in [2.24, 2.45) is 5.92 Å². The minimum absolute atomic E-state index is 0.104. The Balaban J connectivity index is 2.41. The molecule has 0 aliphatic rings. The molecule has 0 saturated heterocycles. The summed E-state index contributed by atoms with van der Waals surface area (Å²) in [6.45, 7) is 6.65. The lowest BCUT2D eigenvalue weighted by atomic mass is 9.94. The first-order valence-electron chi connectivity index (χ1n) is 8.58. The molecule has 1 aromatic carbocycles. The Labute approximate surface area is 152 Å². The van der Waals surface area contributed by atoms with Crippen LogP contribution in [0.25, 0.3) is 0 Å². The van der Waals surface area contributed by atoms with Gasteiger partial charge in [-0.25, -0.2) is 0 Å². The lowest BCUT2D eigenvalue weighted by Crippen LogP contribution is -2.36. The molecule has 2 aromatic rings. The first kappa shape index (κ1) is 19.4. The number of aromatic amines is 1. The Morgan fingerprint density at radius 1 is 1.19 bits per heavy atom. The van der Waals surface area contributed by atoms with E-state index in [0.717, 1.165) is 0 Å². The summed E-state index contributed by atoms with van der Waals surface area (Å²) in [7, 11) is 0.